The van der Waals surface area contributed by atoms with Crippen molar-refractivity contribution in [2.24, 2.45) is 0 Å². The molecule has 6 aromatic carbocycles. The zero-order chi connectivity index (χ0) is 27.2. The van der Waals surface area contributed by atoms with Gasteiger partial charge in [0.05, 0.1) is 22.4 Å². The van der Waals surface area contributed by atoms with Gasteiger partial charge in [-0.1, -0.05) is 97.1 Å². The van der Waals surface area contributed by atoms with Crippen LogP contribution in [0.25, 0.3) is 78.0 Å². The van der Waals surface area contributed by atoms with Gasteiger partial charge in [0.1, 0.15) is 5.52 Å². The summed E-state index contributed by atoms with van der Waals surface area (Å²) in [6, 6.07) is 47.6. The molecule has 0 saturated heterocycles. The van der Waals surface area contributed by atoms with E-state index in [0.29, 0.717) is 5.89 Å². The molecule has 0 bridgehead atoms. The number of benzene rings is 6. The Kier molecular flexibility index (Phi) is 5.42. The number of hydrogen-bond donors (Lipinski definition) is 0. The van der Waals surface area contributed by atoms with Gasteiger partial charge in [-0.25, -0.2) is 15.0 Å². The lowest BCUT2D eigenvalue weighted by molar-refractivity contribution is 0.620. The first-order valence-corrected chi connectivity index (χ1v) is 13.6. The maximum atomic E-state index is 5.98. The third kappa shape index (κ3) is 4.23. The summed E-state index contributed by atoms with van der Waals surface area (Å²) in [6.45, 7) is 0. The van der Waals surface area contributed by atoms with Crippen LogP contribution in [0.2, 0.25) is 0 Å². The first-order valence-electron chi connectivity index (χ1n) is 13.6. The summed E-state index contributed by atoms with van der Waals surface area (Å²) in [7, 11) is 0. The van der Waals surface area contributed by atoms with Gasteiger partial charge in [0.15, 0.2) is 5.58 Å². The van der Waals surface area contributed by atoms with Gasteiger partial charge < -0.3 is 4.42 Å². The maximum Gasteiger partial charge on any atom is 0.227 e. The third-order valence-electron chi connectivity index (χ3n) is 7.51. The Bertz CT molecular complexity index is 2160. The highest BCUT2D eigenvalue weighted by molar-refractivity contribution is 5.89. The molecule has 0 amide bonds. The zero-order valence-corrected chi connectivity index (χ0v) is 22.0. The van der Waals surface area contributed by atoms with Crippen molar-refractivity contribution in [2.45, 2.75) is 0 Å². The number of oxazole rings is 1. The fourth-order valence-corrected chi connectivity index (χ4v) is 5.36. The number of rotatable bonds is 4. The molecule has 0 spiro atoms. The minimum absolute atomic E-state index is 0.604. The summed E-state index contributed by atoms with van der Waals surface area (Å²) in [5.74, 6) is 0.604. The average Bonchev–Trinajstić information content (AvgIpc) is 3.49. The molecule has 0 radical (unpaired) electrons. The molecule has 192 valence electrons. The molecule has 2 heterocycles. The molecule has 0 aliphatic heterocycles. The van der Waals surface area contributed by atoms with Crippen molar-refractivity contribution >= 4 is 32.9 Å². The molecule has 2 aromatic heterocycles. The first kappa shape index (κ1) is 23.3. The quantitative estimate of drug-likeness (QED) is 0.230. The predicted molar refractivity (Wildman–Crippen MR) is 166 cm³/mol. The van der Waals surface area contributed by atoms with Crippen molar-refractivity contribution in [2.75, 3.05) is 0 Å². The molecule has 0 fully saturated rings. The summed E-state index contributed by atoms with van der Waals surface area (Å²) < 4.78 is 5.98. The fraction of sp³-hybridized carbons (Fsp3) is 0. The normalized spacial score (nSPS) is 11.4. The predicted octanol–water partition coefficient (Wildman–Crippen LogP) is 9.59. The van der Waals surface area contributed by atoms with Crippen LogP contribution in [0.1, 0.15) is 0 Å². The summed E-state index contributed by atoms with van der Waals surface area (Å²) in [5.41, 5.74) is 10.3. The molecule has 0 unspecified atom stereocenters. The Morgan fingerprint density at radius 1 is 0.366 bits per heavy atom. The van der Waals surface area contributed by atoms with Gasteiger partial charge in [-0.15, -0.1) is 0 Å². The van der Waals surface area contributed by atoms with E-state index in [4.69, 9.17) is 14.4 Å². The van der Waals surface area contributed by atoms with Crippen LogP contribution in [0.4, 0.5) is 0 Å². The highest BCUT2D eigenvalue weighted by Gasteiger charge is 2.15. The van der Waals surface area contributed by atoms with Gasteiger partial charge in [0.25, 0.3) is 0 Å². The summed E-state index contributed by atoms with van der Waals surface area (Å²) in [4.78, 5) is 14.8. The first-order chi connectivity index (χ1) is 20.3. The van der Waals surface area contributed by atoms with E-state index in [2.05, 4.69) is 83.8 Å². The molecule has 4 nitrogen and oxygen atoms in total. The van der Waals surface area contributed by atoms with Crippen LogP contribution in [0, 0.1) is 0 Å². The highest BCUT2D eigenvalue weighted by atomic mass is 16.3. The second-order valence-corrected chi connectivity index (χ2v) is 10.1. The molecule has 0 N–H and O–H groups in total. The lowest BCUT2D eigenvalue weighted by Gasteiger charge is -2.12. The van der Waals surface area contributed by atoms with E-state index in [1.807, 2.05) is 60.7 Å². The Morgan fingerprint density at radius 2 is 0.878 bits per heavy atom. The van der Waals surface area contributed by atoms with Crippen molar-refractivity contribution in [3.05, 3.63) is 140 Å². The maximum absolute atomic E-state index is 5.98. The Labute approximate surface area is 236 Å². The lowest BCUT2D eigenvalue weighted by Crippen LogP contribution is -1.95. The summed E-state index contributed by atoms with van der Waals surface area (Å²) >= 11 is 0. The van der Waals surface area contributed by atoms with E-state index in [0.717, 1.165) is 55.8 Å². The van der Waals surface area contributed by atoms with Gasteiger partial charge >= 0.3 is 0 Å². The number of aromatic nitrogens is 3. The van der Waals surface area contributed by atoms with Crippen LogP contribution >= 0.6 is 0 Å². The number of fused-ring (bicyclic) bond motifs is 3. The van der Waals surface area contributed by atoms with Crippen LogP contribution in [0.3, 0.4) is 0 Å². The molecule has 0 aliphatic rings. The molecule has 8 rings (SSSR count). The number of nitrogens with zero attached hydrogens (tertiary/aromatic N) is 3. The SMILES string of the molecule is c1ccc2cc(-c3ccc(-c4nc5ccccc5nc4-c4ccc(-c5nc6ccccc6o5)cc4)cc3)ccc2c1. The van der Waals surface area contributed by atoms with Crippen LogP contribution in [0.5, 0.6) is 0 Å². The van der Waals surface area contributed by atoms with E-state index >= 15 is 0 Å². The van der Waals surface area contributed by atoms with E-state index in [1.54, 1.807) is 0 Å². The molecular weight excluding hydrogens is 502 g/mol. The minimum Gasteiger partial charge on any atom is -0.436 e. The highest BCUT2D eigenvalue weighted by Crippen LogP contribution is 2.34. The lowest BCUT2D eigenvalue weighted by atomic mass is 9.98. The van der Waals surface area contributed by atoms with Crippen molar-refractivity contribution in [3.63, 3.8) is 0 Å². The topological polar surface area (TPSA) is 51.8 Å². The Balaban J connectivity index is 1.20. The van der Waals surface area contributed by atoms with Crippen LogP contribution in [-0.2, 0) is 0 Å². The Morgan fingerprint density at radius 3 is 1.54 bits per heavy atom. The van der Waals surface area contributed by atoms with Crippen molar-refractivity contribution < 1.29 is 4.42 Å². The second kappa shape index (κ2) is 9.54. The number of hydrogen-bond acceptors (Lipinski definition) is 4. The smallest absolute Gasteiger partial charge is 0.227 e. The van der Waals surface area contributed by atoms with Crippen LogP contribution in [-0.4, -0.2) is 15.0 Å². The van der Waals surface area contributed by atoms with Gasteiger partial charge in [-0.3, -0.25) is 0 Å². The average molecular weight is 526 g/mol. The van der Waals surface area contributed by atoms with Crippen molar-refractivity contribution in [1.29, 1.82) is 0 Å². The second-order valence-electron chi connectivity index (χ2n) is 10.1. The molecule has 8 aromatic rings. The summed E-state index contributed by atoms with van der Waals surface area (Å²) in [6.07, 6.45) is 0. The van der Waals surface area contributed by atoms with Gasteiger partial charge in [-0.2, -0.15) is 0 Å². The standard InChI is InChI=1S/C37H23N3O/c1-2-8-29-23-30(22-15-24(29)7-1)25-13-16-26(17-14-25)35-36(39-32-10-4-3-9-31(32)38-35)27-18-20-28(21-19-27)37-40-33-11-5-6-12-34(33)41-37/h1-23H. The van der Waals surface area contributed by atoms with Gasteiger partial charge in [0.2, 0.25) is 5.89 Å². The van der Waals surface area contributed by atoms with E-state index in [-0.39, 0.29) is 0 Å². The van der Waals surface area contributed by atoms with E-state index in [9.17, 15) is 0 Å². The van der Waals surface area contributed by atoms with Gasteiger partial charge in [-0.05, 0) is 64.4 Å². The summed E-state index contributed by atoms with van der Waals surface area (Å²) in [5, 5.41) is 2.48. The number of para-hydroxylation sites is 4. The molecule has 4 heteroatoms. The monoisotopic (exact) mass is 525 g/mol. The van der Waals surface area contributed by atoms with E-state index in [1.165, 1.54) is 16.3 Å². The van der Waals surface area contributed by atoms with Crippen LogP contribution in [0.15, 0.2) is 144 Å². The fourth-order valence-electron chi connectivity index (χ4n) is 5.36. The molecule has 0 atom stereocenters. The van der Waals surface area contributed by atoms with Crippen molar-refractivity contribution in [1.82, 2.24) is 15.0 Å². The zero-order valence-electron chi connectivity index (χ0n) is 22.0. The van der Waals surface area contributed by atoms with Crippen LogP contribution < -0.4 is 0 Å². The minimum atomic E-state index is 0.604. The molecule has 0 aliphatic carbocycles. The molecule has 0 saturated carbocycles. The van der Waals surface area contributed by atoms with Gasteiger partial charge in [0, 0.05) is 16.7 Å². The van der Waals surface area contributed by atoms with Crippen molar-refractivity contribution in [3.8, 4) is 45.1 Å². The third-order valence-corrected chi connectivity index (χ3v) is 7.51. The molecular formula is C37H23N3O. The Hall–Kier alpha value is -5.61. The molecule has 41 heavy (non-hydrogen) atoms. The largest absolute Gasteiger partial charge is 0.436 e. The van der Waals surface area contributed by atoms with E-state index < -0.39 is 0 Å².